The van der Waals surface area contributed by atoms with Crippen molar-refractivity contribution < 1.29 is 23.9 Å². The van der Waals surface area contributed by atoms with Crippen molar-refractivity contribution >= 4 is 40.6 Å². The van der Waals surface area contributed by atoms with E-state index >= 15 is 0 Å². The van der Waals surface area contributed by atoms with Crippen LogP contribution in [-0.4, -0.2) is 54.9 Å². The highest BCUT2D eigenvalue weighted by atomic mass is 32.2. The van der Waals surface area contributed by atoms with Gasteiger partial charge in [0.05, 0.1) is 18.1 Å². The van der Waals surface area contributed by atoms with Crippen LogP contribution in [0.3, 0.4) is 0 Å². The number of imide groups is 1. The molecule has 0 N–H and O–H groups in total. The highest BCUT2D eigenvalue weighted by Gasteiger charge is 2.37. The summed E-state index contributed by atoms with van der Waals surface area (Å²) in [6.45, 7) is 8.90. The summed E-state index contributed by atoms with van der Waals surface area (Å²) in [6, 6.07) is 5.71. The molecule has 0 radical (unpaired) electrons. The van der Waals surface area contributed by atoms with E-state index in [1.165, 1.54) is 0 Å². The molecular weight excluding hydrogens is 380 g/mol. The van der Waals surface area contributed by atoms with Crippen molar-refractivity contribution in [3.05, 3.63) is 28.7 Å². The lowest BCUT2D eigenvalue weighted by atomic mass is 10.1. The molecule has 1 aliphatic rings. The zero-order valence-corrected chi connectivity index (χ0v) is 17.7. The fraction of sp³-hybridized carbons (Fsp3) is 0.450. The van der Waals surface area contributed by atoms with Gasteiger partial charge in [0.15, 0.2) is 0 Å². The maximum Gasteiger partial charge on any atom is 0.326 e. The summed E-state index contributed by atoms with van der Waals surface area (Å²) >= 11 is 0.801. The van der Waals surface area contributed by atoms with Gasteiger partial charge < -0.3 is 14.4 Å². The molecule has 1 aromatic carbocycles. The third-order valence-corrected chi connectivity index (χ3v) is 5.07. The van der Waals surface area contributed by atoms with Crippen LogP contribution in [0.1, 0.15) is 33.3 Å². The molecule has 1 fully saturated rings. The minimum atomic E-state index is -0.611. The number of hydrogen-bond donors (Lipinski definition) is 0. The van der Waals surface area contributed by atoms with Crippen LogP contribution in [0.4, 0.5) is 10.5 Å². The lowest BCUT2D eigenvalue weighted by Crippen LogP contribution is -2.35. The SMILES string of the molecule is CCN(CC)c1ccc(/C=C2/SC(=O)N(CC(=O)OC(C)C)C2=O)c(OC)c1. The molecule has 0 atom stereocenters. The molecule has 2 rings (SSSR count). The van der Waals surface area contributed by atoms with Crippen LogP contribution in [0.25, 0.3) is 6.08 Å². The smallest absolute Gasteiger partial charge is 0.326 e. The minimum absolute atomic E-state index is 0.247. The molecule has 0 saturated carbocycles. The average molecular weight is 407 g/mol. The van der Waals surface area contributed by atoms with E-state index in [2.05, 4.69) is 18.7 Å². The maximum absolute atomic E-state index is 12.6. The molecule has 28 heavy (non-hydrogen) atoms. The molecule has 8 heteroatoms. The van der Waals surface area contributed by atoms with Gasteiger partial charge in [-0.1, -0.05) is 0 Å². The fourth-order valence-corrected chi connectivity index (χ4v) is 3.64. The predicted molar refractivity (Wildman–Crippen MR) is 110 cm³/mol. The molecule has 152 valence electrons. The fourth-order valence-electron chi connectivity index (χ4n) is 2.81. The Bertz CT molecular complexity index is 787. The summed E-state index contributed by atoms with van der Waals surface area (Å²) in [5, 5.41) is -0.490. The monoisotopic (exact) mass is 406 g/mol. The van der Waals surface area contributed by atoms with E-state index in [0.717, 1.165) is 35.4 Å². The second-order valence-corrected chi connectivity index (χ2v) is 7.40. The largest absolute Gasteiger partial charge is 0.496 e. The van der Waals surface area contributed by atoms with E-state index in [4.69, 9.17) is 9.47 Å². The van der Waals surface area contributed by atoms with E-state index in [1.807, 2.05) is 18.2 Å². The van der Waals surface area contributed by atoms with Crippen LogP contribution < -0.4 is 9.64 Å². The number of carbonyl (C=O) groups is 3. The van der Waals surface area contributed by atoms with Crippen molar-refractivity contribution in [2.24, 2.45) is 0 Å². The van der Waals surface area contributed by atoms with Gasteiger partial charge in [0.25, 0.3) is 11.1 Å². The number of anilines is 1. The first-order valence-corrected chi connectivity index (χ1v) is 10.00. The van der Waals surface area contributed by atoms with Crippen LogP contribution >= 0.6 is 11.8 Å². The first kappa shape index (κ1) is 21.8. The van der Waals surface area contributed by atoms with E-state index < -0.39 is 23.7 Å². The highest BCUT2D eigenvalue weighted by Crippen LogP contribution is 2.35. The summed E-state index contributed by atoms with van der Waals surface area (Å²) in [5.74, 6) is -0.513. The number of esters is 1. The molecule has 1 aliphatic heterocycles. The second kappa shape index (κ2) is 9.64. The zero-order valence-electron chi connectivity index (χ0n) is 16.9. The van der Waals surface area contributed by atoms with Gasteiger partial charge in [0.1, 0.15) is 12.3 Å². The summed E-state index contributed by atoms with van der Waals surface area (Å²) in [4.78, 5) is 39.9. The summed E-state index contributed by atoms with van der Waals surface area (Å²) in [6.07, 6.45) is 1.31. The number of hydrogen-bond acceptors (Lipinski definition) is 7. The van der Waals surface area contributed by atoms with Crippen molar-refractivity contribution in [2.75, 3.05) is 31.6 Å². The molecule has 0 aromatic heterocycles. The Morgan fingerprint density at radius 3 is 2.50 bits per heavy atom. The molecular formula is C20H26N2O5S. The number of ether oxygens (including phenoxy) is 2. The Hall–Kier alpha value is -2.48. The number of amides is 2. The molecule has 7 nitrogen and oxygen atoms in total. The van der Waals surface area contributed by atoms with E-state index in [0.29, 0.717) is 11.3 Å². The van der Waals surface area contributed by atoms with Crippen molar-refractivity contribution in [2.45, 2.75) is 33.8 Å². The van der Waals surface area contributed by atoms with Gasteiger partial charge in [-0.15, -0.1) is 0 Å². The van der Waals surface area contributed by atoms with Crippen LogP contribution in [0.2, 0.25) is 0 Å². The van der Waals surface area contributed by atoms with E-state index in [9.17, 15) is 14.4 Å². The zero-order chi connectivity index (χ0) is 20.8. The third kappa shape index (κ3) is 5.07. The Morgan fingerprint density at radius 1 is 1.25 bits per heavy atom. The first-order chi connectivity index (χ1) is 13.3. The van der Waals surface area contributed by atoms with Gasteiger partial charge in [-0.05, 0) is 57.7 Å². The molecule has 1 saturated heterocycles. The molecule has 0 unspecified atom stereocenters. The number of benzene rings is 1. The van der Waals surface area contributed by atoms with Crippen molar-refractivity contribution in [1.82, 2.24) is 4.90 Å². The standard InChI is InChI=1S/C20H26N2O5S/c1-6-21(7-2)15-9-8-14(16(11-15)26-5)10-17-19(24)22(20(25)28-17)12-18(23)27-13(3)4/h8-11,13H,6-7,12H2,1-5H3/b17-10+. The van der Waals surface area contributed by atoms with Gasteiger partial charge in [-0.25, -0.2) is 0 Å². The highest BCUT2D eigenvalue weighted by molar-refractivity contribution is 8.18. The van der Waals surface area contributed by atoms with Crippen LogP contribution in [0, 0.1) is 0 Å². The van der Waals surface area contributed by atoms with Gasteiger partial charge in [0.2, 0.25) is 0 Å². The number of nitrogens with zero attached hydrogens (tertiary/aromatic N) is 2. The maximum atomic E-state index is 12.6. The molecule has 1 aromatic rings. The average Bonchev–Trinajstić information content (AvgIpc) is 2.90. The number of thioether (sulfide) groups is 1. The quantitative estimate of drug-likeness (QED) is 0.483. The van der Waals surface area contributed by atoms with Gasteiger partial charge >= 0.3 is 5.97 Å². The topological polar surface area (TPSA) is 76.2 Å². The summed E-state index contributed by atoms with van der Waals surface area (Å²) < 4.78 is 10.5. The van der Waals surface area contributed by atoms with Gasteiger partial charge in [0, 0.05) is 30.4 Å². The predicted octanol–water partition coefficient (Wildman–Crippen LogP) is 3.53. The Labute approximate surface area is 169 Å². The molecule has 1 heterocycles. The Morgan fingerprint density at radius 2 is 1.93 bits per heavy atom. The molecule has 0 bridgehead atoms. The Balaban J connectivity index is 2.24. The van der Waals surface area contributed by atoms with E-state index in [-0.39, 0.29) is 11.0 Å². The lowest BCUT2D eigenvalue weighted by Gasteiger charge is -2.22. The number of methoxy groups -OCH3 is 1. The minimum Gasteiger partial charge on any atom is -0.496 e. The van der Waals surface area contributed by atoms with Crippen LogP contribution in [-0.2, 0) is 14.3 Å². The van der Waals surface area contributed by atoms with Gasteiger partial charge in [-0.3, -0.25) is 19.3 Å². The number of rotatable bonds is 8. The van der Waals surface area contributed by atoms with Crippen molar-refractivity contribution in [3.63, 3.8) is 0 Å². The van der Waals surface area contributed by atoms with Gasteiger partial charge in [-0.2, -0.15) is 0 Å². The molecule has 2 amide bonds. The third-order valence-electron chi connectivity index (χ3n) is 4.16. The van der Waals surface area contributed by atoms with Crippen LogP contribution in [0.5, 0.6) is 5.75 Å². The summed E-state index contributed by atoms with van der Waals surface area (Å²) in [7, 11) is 1.56. The molecule has 0 aliphatic carbocycles. The lowest BCUT2D eigenvalue weighted by molar-refractivity contribution is -0.149. The normalized spacial score (nSPS) is 15.5. The first-order valence-electron chi connectivity index (χ1n) is 9.18. The molecule has 0 spiro atoms. The van der Waals surface area contributed by atoms with E-state index in [1.54, 1.807) is 27.0 Å². The second-order valence-electron chi connectivity index (χ2n) is 6.41. The summed E-state index contributed by atoms with van der Waals surface area (Å²) in [5.41, 5.74) is 1.71. The number of carbonyl (C=O) groups excluding carboxylic acids is 3. The van der Waals surface area contributed by atoms with Crippen LogP contribution in [0.15, 0.2) is 23.1 Å². The van der Waals surface area contributed by atoms with Crippen molar-refractivity contribution in [1.29, 1.82) is 0 Å². The van der Waals surface area contributed by atoms with Crippen molar-refractivity contribution in [3.8, 4) is 5.75 Å². The Kier molecular flexibility index (Phi) is 7.51.